The second-order valence-corrected chi connectivity index (χ2v) is 1.90. The fourth-order valence-corrected chi connectivity index (χ4v) is 0.295. The van der Waals surface area contributed by atoms with Crippen LogP contribution in [0, 0.1) is 11.3 Å². The molecule has 0 heterocycles. The number of nitrogens with one attached hydrogen (secondary N) is 1. The molecular formula is C4H10N2S. The van der Waals surface area contributed by atoms with Gasteiger partial charge in [0.15, 0.2) is 0 Å². The second kappa shape index (κ2) is 2.91. The average Bonchev–Trinajstić information content (AvgIpc) is 1.65. The summed E-state index contributed by atoms with van der Waals surface area (Å²) in [6.07, 6.45) is 0. The number of amidine groups is 1. The van der Waals surface area contributed by atoms with Gasteiger partial charge in [-0.05, 0) is 5.75 Å². The summed E-state index contributed by atoms with van der Waals surface area (Å²) < 4.78 is 0. The Morgan fingerprint density at radius 3 is 2.43 bits per heavy atom. The van der Waals surface area contributed by atoms with Crippen LogP contribution in [0.25, 0.3) is 0 Å². The number of hydrogen-bond donors (Lipinski definition) is 3. The Labute approximate surface area is 49.0 Å². The van der Waals surface area contributed by atoms with Crippen LogP contribution in [0.3, 0.4) is 0 Å². The molecule has 42 valence electrons. The van der Waals surface area contributed by atoms with Gasteiger partial charge >= 0.3 is 0 Å². The largest absolute Gasteiger partial charge is 0.387 e. The second-order valence-electron chi connectivity index (χ2n) is 1.54. The Bertz CT molecular complexity index is 72.1. The van der Waals surface area contributed by atoms with E-state index < -0.39 is 0 Å². The molecule has 7 heavy (non-hydrogen) atoms. The van der Waals surface area contributed by atoms with Crippen LogP contribution in [0.2, 0.25) is 0 Å². The summed E-state index contributed by atoms with van der Waals surface area (Å²) in [6, 6.07) is 0. The molecule has 0 bridgehead atoms. The molecule has 1 atom stereocenters. The van der Waals surface area contributed by atoms with E-state index >= 15 is 0 Å². The third-order valence-corrected chi connectivity index (χ3v) is 1.35. The predicted octanol–water partition coefficient (Wildman–Crippen LogP) is 0.488. The molecule has 0 aliphatic rings. The van der Waals surface area contributed by atoms with Gasteiger partial charge in [0.05, 0.1) is 5.84 Å². The highest BCUT2D eigenvalue weighted by molar-refractivity contribution is 7.80. The van der Waals surface area contributed by atoms with Crippen molar-refractivity contribution in [2.75, 3.05) is 5.75 Å². The molecule has 3 heteroatoms. The van der Waals surface area contributed by atoms with Gasteiger partial charge in [0, 0.05) is 5.92 Å². The van der Waals surface area contributed by atoms with Crippen molar-refractivity contribution in [2.45, 2.75) is 6.92 Å². The van der Waals surface area contributed by atoms with Crippen molar-refractivity contribution in [3.63, 3.8) is 0 Å². The first-order valence-corrected chi connectivity index (χ1v) is 2.76. The van der Waals surface area contributed by atoms with Gasteiger partial charge in [0.25, 0.3) is 0 Å². The minimum absolute atomic E-state index is 0.128. The molecule has 0 aliphatic heterocycles. The van der Waals surface area contributed by atoms with Crippen molar-refractivity contribution in [1.82, 2.24) is 0 Å². The summed E-state index contributed by atoms with van der Waals surface area (Å²) >= 11 is 3.93. The quantitative estimate of drug-likeness (QED) is 0.276. The summed E-state index contributed by atoms with van der Waals surface area (Å²) in [5, 5.41) is 6.83. The molecule has 0 rings (SSSR count). The lowest BCUT2D eigenvalue weighted by atomic mass is 10.2. The molecule has 3 N–H and O–H groups in total. The van der Waals surface area contributed by atoms with Crippen LogP contribution in [0.1, 0.15) is 6.92 Å². The highest BCUT2D eigenvalue weighted by Crippen LogP contribution is 1.93. The van der Waals surface area contributed by atoms with Crippen LogP contribution in [-0.4, -0.2) is 11.6 Å². The highest BCUT2D eigenvalue weighted by Gasteiger charge is 1.98. The average molecular weight is 118 g/mol. The van der Waals surface area contributed by atoms with E-state index in [-0.39, 0.29) is 11.8 Å². The molecule has 0 radical (unpaired) electrons. The lowest BCUT2D eigenvalue weighted by molar-refractivity contribution is 0.883. The summed E-state index contributed by atoms with van der Waals surface area (Å²) in [5.41, 5.74) is 5.08. The van der Waals surface area contributed by atoms with Crippen molar-refractivity contribution in [2.24, 2.45) is 11.7 Å². The summed E-state index contributed by atoms with van der Waals surface area (Å²) in [4.78, 5) is 0. The normalized spacial score (nSPS) is 13.4. The molecule has 0 aliphatic carbocycles. The monoisotopic (exact) mass is 118 g/mol. The Kier molecular flexibility index (Phi) is 2.83. The lowest BCUT2D eigenvalue weighted by Gasteiger charge is -2.01. The van der Waals surface area contributed by atoms with Crippen molar-refractivity contribution in [3.8, 4) is 0 Å². The lowest BCUT2D eigenvalue weighted by Crippen LogP contribution is -2.20. The SMILES string of the molecule is CC(CS)C(=N)N. The predicted molar refractivity (Wildman–Crippen MR) is 34.9 cm³/mol. The number of nitrogens with two attached hydrogens (primary N) is 1. The molecule has 0 aromatic rings. The van der Waals surface area contributed by atoms with Crippen LogP contribution in [-0.2, 0) is 0 Å². The van der Waals surface area contributed by atoms with E-state index in [0.29, 0.717) is 5.75 Å². The number of hydrogen-bond acceptors (Lipinski definition) is 2. The molecule has 0 saturated heterocycles. The molecule has 0 spiro atoms. The maximum atomic E-state index is 6.83. The summed E-state index contributed by atoms with van der Waals surface area (Å²) in [5.74, 6) is 1.01. The summed E-state index contributed by atoms with van der Waals surface area (Å²) in [7, 11) is 0. The van der Waals surface area contributed by atoms with E-state index in [2.05, 4.69) is 12.6 Å². The number of thiol groups is 1. The maximum absolute atomic E-state index is 6.83. The number of rotatable bonds is 2. The molecule has 0 amide bonds. The summed E-state index contributed by atoms with van der Waals surface area (Å²) in [6.45, 7) is 1.87. The van der Waals surface area contributed by atoms with Crippen molar-refractivity contribution in [3.05, 3.63) is 0 Å². The van der Waals surface area contributed by atoms with Crippen LogP contribution >= 0.6 is 12.6 Å². The van der Waals surface area contributed by atoms with Gasteiger partial charge in [-0.1, -0.05) is 6.92 Å². The molecule has 2 nitrogen and oxygen atoms in total. The Morgan fingerprint density at radius 2 is 2.43 bits per heavy atom. The fraction of sp³-hybridized carbons (Fsp3) is 0.750. The molecule has 0 aromatic heterocycles. The first-order valence-electron chi connectivity index (χ1n) is 2.13. The van der Waals surface area contributed by atoms with Crippen molar-refractivity contribution >= 4 is 18.5 Å². The van der Waals surface area contributed by atoms with Crippen LogP contribution in [0.4, 0.5) is 0 Å². The van der Waals surface area contributed by atoms with Gasteiger partial charge in [-0.15, -0.1) is 0 Å². The molecular weight excluding hydrogens is 108 g/mol. The third-order valence-electron chi connectivity index (χ3n) is 0.805. The first kappa shape index (κ1) is 6.82. The van der Waals surface area contributed by atoms with Crippen LogP contribution in [0.5, 0.6) is 0 Å². The topological polar surface area (TPSA) is 49.9 Å². The standard InChI is InChI=1S/C4H10N2S/c1-3(2-7)4(5)6/h3,7H,2H2,1H3,(H3,5,6). The van der Waals surface area contributed by atoms with Gasteiger partial charge < -0.3 is 5.73 Å². The van der Waals surface area contributed by atoms with Gasteiger partial charge in [-0.2, -0.15) is 12.6 Å². The maximum Gasteiger partial charge on any atom is 0.0942 e. The zero-order chi connectivity index (χ0) is 5.86. The Hall–Kier alpha value is -0.180. The Morgan fingerprint density at radius 1 is 2.00 bits per heavy atom. The zero-order valence-electron chi connectivity index (χ0n) is 4.31. The highest BCUT2D eigenvalue weighted by atomic mass is 32.1. The molecule has 0 fully saturated rings. The van der Waals surface area contributed by atoms with Gasteiger partial charge in [-0.25, -0.2) is 0 Å². The van der Waals surface area contributed by atoms with E-state index in [0.717, 1.165) is 0 Å². The van der Waals surface area contributed by atoms with Crippen molar-refractivity contribution < 1.29 is 0 Å². The van der Waals surface area contributed by atoms with E-state index in [9.17, 15) is 0 Å². The van der Waals surface area contributed by atoms with E-state index in [1.165, 1.54) is 0 Å². The van der Waals surface area contributed by atoms with Crippen LogP contribution < -0.4 is 5.73 Å². The molecule has 1 unspecified atom stereocenters. The Balaban J connectivity index is 3.34. The zero-order valence-corrected chi connectivity index (χ0v) is 5.20. The van der Waals surface area contributed by atoms with Gasteiger partial charge in [-0.3, -0.25) is 5.41 Å². The minimum atomic E-state index is 0.128. The van der Waals surface area contributed by atoms with Crippen molar-refractivity contribution in [1.29, 1.82) is 5.41 Å². The van der Waals surface area contributed by atoms with Gasteiger partial charge in [0.1, 0.15) is 0 Å². The van der Waals surface area contributed by atoms with Gasteiger partial charge in [0.2, 0.25) is 0 Å². The fourth-order valence-electron chi connectivity index (χ4n) is 0.0983. The molecule has 0 aromatic carbocycles. The van der Waals surface area contributed by atoms with E-state index in [1.807, 2.05) is 6.92 Å². The molecule has 0 saturated carbocycles. The minimum Gasteiger partial charge on any atom is -0.387 e. The first-order chi connectivity index (χ1) is 3.18. The third kappa shape index (κ3) is 2.51. The smallest absolute Gasteiger partial charge is 0.0942 e. The van der Waals surface area contributed by atoms with E-state index in [1.54, 1.807) is 0 Å². The van der Waals surface area contributed by atoms with E-state index in [4.69, 9.17) is 11.1 Å². The van der Waals surface area contributed by atoms with Crippen LogP contribution in [0.15, 0.2) is 0 Å².